The fourth-order valence-corrected chi connectivity index (χ4v) is 2.81. The normalized spacial score (nSPS) is 11.2. The van der Waals surface area contributed by atoms with Crippen molar-refractivity contribution in [3.05, 3.63) is 68.9 Å². The smallest absolute Gasteiger partial charge is 0.349 e. The molecular weight excluding hydrogens is 402 g/mol. The minimum absolute atomic E-state index is 0.234. The molecule has 3 aromatic rings. The molecule has 0 fully saturated rings. The van der Waals surface area contributed by atoms with Crippen LogP contribution in [0.1, 0.15) is 26.3 Å². The van der Waals surface area contributed by atoms with Crippen LogP contribution in [-0.2, 0) is 9.53 Å². The first-order chi connectivity index (χ1) is 14.9. The van der Waals surface area contributed by atoms with Crippen LogP contribution in [0.25, 0.3) is 10.9 Å². The minimum Gasteiger partial charge on any atom is -0.490 e. The molecule has 1 heterocycles. The molecule has 0 amide bonds. The van der Waals surface area contributed by atoms with Gasteiger partial charge in [-0.15, -0.1) is 4.68 Å². The van der Waals surface area contributed by atoms with Crippen molar-refractivity contribution < 1.29 is 19.0 Å². The van der Waals surface area contributed by atoms with Gasteiger partial charge in [-0.25, -0.2) is 9.59 Å². The Hall–Kier alpha value is -3.88. The molecule has 0 saturated carbocycles. The molecular formula is C22H23N3O6. The maximum atomic E-state index is 12.6. The van der Waals surface area contributed by atoms with E-state index in [4.69, 9.17) is 14.2 Å². The Labute approximate surface area is 177 Å². The number of aromatic amines is 1. The fraction of sp³-hybridized carbons (Fsp3) is 0.273. The van der Waals surface area contributed by atoms with Crippen molar-refractivity contribution in [2.75, 3.05) is 13.2 Å². The Morgan fingerprint density at radius 1 is 1.13 bits per heavy atom. The summed E-state index contributed by atoms with van der Waals surface area (Å²) in [5.74, 6) is 0.266. The highest BCUT2D eigenvalue weighted by Crippen LogP contribution is 2.28. The van der Waals surface area contributed by atoms with E-state index >= 15 is 0 Å². The third kappa shape index (κ3) is 5.39. The van der Waals surface area contributed by atoms with Gasteiger partial charge in [-0.3, -0.25) is 4.79 Å². The van der Waals surface area contributed by atoms with Crippen LogP contribution in [0.15, 0.2) is 57.2 Å². The average Bonchev–Trinajstić information content (AvgIpc) is 2.72. The first kappa shape index (κ1) is 21.8. The predicted molar refractivity (Wildman–Crippen MR) is 116 cm³/mol. The average molecular weight is 425 g/mol. The lowest BCUT2D eigenvalue weighted by Crippen LogP contribution is -2.32. The monoisotopic (exact) mass is 425 g/mol. The van der Waals surface area contributed by atoms with E-state index in [0.717, 1.165) is 4.68 Å². The Morgan fingerprint density at radius 2 is 1.90 bits per heavy atom. The highest BCUT2D eigenvalue weighted by atomic mass is 16.6. The van der Waals surface area contributed by atoms with Crippen molar-refractivity contribution in [1.29, 1.82) is 0 Å². The van der Waals surface area contributed by atoms with E-state index in [-0.39, 0.29) is 12.7 Å². The standard InChI is InChI=1S/C22H23N3O6/c1-4-29-19-11-15(9-10-18(19)30-13-20(26)31-14(2)3)12-23-25-21(27)16-7-5-6-8-17(16)24-22(25)28/h5-12,14H,4,13H2,1-3H3,(H,24,28). The zero-order valence-corrected chi connectivity index (χ0v) is 17.5. The summed E-state index contributed by atoms with van der Waals surface area (Å²) in [6.45, 7) is 5.43. The minimum atomic E-state index is -0.645. The quantitative estimate of drug-likeness (QED) is 0.438. The van der Waals surface area contributed by atoms with Gasteiger partial charge in [0.1, 0.15) is 0 Å². The van der Waals surface area contributed by atoms with Crippen molar-refractivity contribution in [3.8, 4) is 11.5 Å². The molecule has 3 rings (SSSR count). The number of benzene rings is 2. The predicted octanol–water partition coefficient (Wildman–Crippen LogP) is 2.30. The lowest BCUT2D eigenvalue weighted by Gasteiger charge is -2.13. The Kier molecular flexibility index (Phi) is 6.86. The molecule has 0 saturated heterocycles. The molecule has 0 unspecified atom stereocenters. The van der Waals surface area contributed by atoms with E-state index in [1.165, 1.54) is 6.21 Å². The number of esters is 1. The molecule has 9 heteroatoms. The van der Waals surface area contributed by atoms with Crippen molar-refractivity contribution in [1.82, 2.24) is 9.66 Å². The Bertz CT molecular complexity index is 1230. The second-order valence-corrected chi connectivity index (χ2v) is 6.80. The summed E-state index contributed by atoms with van der Waals surface area (Å²) in [7, 11) is 0. The summed E-state index contributed by atoms with van der Waals surface area (Å²) in [6.07, 6.45) is 1.13. The number of carbonyl (C=O) groups excluding carboxylic acids is 1. The molecule has 162 valence electrons. The topological polar surface area (TPSA) is 112 Å². The van der Waals surface area contributed by atoms with Crippen LogP contribution >= 0.6 is 0 Å². The van der Waals surface area contributed by atoms with Crippen molar-refractivity contribution in [2.24, 2.45) is 5.10 Å². The van der Waals surface area contributed by atoms with Crippen LogP contribution in [0.3, 0.4) is 0 Å². The summed E-state index contributed by atoms with van der Waals surface area (Å²) in [5, 5.41) is 4.38. The lowest BCUT2D eigenvalue weighted by molar-refractivity contribution is -0.149. The second-order valence-electron chi connectivity index (χ2n) is 6.80. The van der Waals surface area contributed by atoms with Crippen LogP contribution in [0.2, 0.25) is 0 Å². The van der Waals surface area contributed by atoms with Gasteiger partial charge in [0.25, 0.3) is 5.56 Å². The van der Waals surface area contributed by atoms with Gasteiger partial charge in [0, 0.05) is 0 Å². The van der Waals surface area contributed by atoms with E-state index < -0.39 is 17.2 Å². The van der Waals surface area contributed by atoms with E-state index in [1.54, 1.807) is 56.3 Å². The van der Waals surface area contributed by atoms with Gasteiger partial charge >= 0.3 is 11.7 Å². The zero-order valence-electron chi connectivity index (χ0n) is 17.5. The number of nitrogens with zero attached hydrogens (tertiary/aromatic N) is 2. The molecule has 0 bridgehead atoms. The molecule has 0 aliphatic carbocycles. The third-order valence-electron chi connectivity index (χ3n) is 4.09. The Balaban J connectivity index is 1.85. The van der Waals surface area contributed by atoms with E-state index in [1.807, 2.05) is 6.92 Å². The van der Waals surface area contributed by atoms with E-state index in [0.29, 0.717) is 34.6 Å². The van der Waals surface area contributed by atoms with Gasteiger partial charge in [0.05, 0.1) is 29.8 Å². The highest BCUT2D eigenvalue weighted by molar-refractivity contribution is 5.81. The van der Waals surface area contributed by atoms with Gasteiger partial charge in [-0.2, -0.15) is 5.10 Å². The van der Waals surface area contributed by atoms with Crippen LogP contribution in [0, 0.1) is 0 Å². The number of carbonyl (C=O) groups is 1. The zero-order chi connectivity index (χ0) is 22.4. The molecule has 0 radical (unpaired) electrons. The van der Waals surface area contributed by atoms with E-state index in [9.17, 15) is 14.4 Å². The first-order valence-electron chi connectivity index (χ1n) is 9.76. The molecule has 1 N–H and O–H groups in total. The first-order valence-corrected chi connectivity index (χ1v) is 9.76. The Morgan fingerprint density at radius 3 is 2.65 bits per heavy atom. The van der Waals surface area contributed by atoms with E-state index in [2.05, 4.69) is 10.1 Å². The molecule has 0 spiro atoms. The van der Waals surface area contributed by atoms with Gasteiger partial charge < -0.3 is 19.2 Å². The number of rotatable bonds is 8. The van der Waals surface area contributed by atoms with Crippen molar-refractivity contribution >= 4 is 23.1 Å². The maximum absolute atomic E-state index is 12.6. The number of fused-ring (bicyclic) bond motifs is 1. The molecule has 1 aromatic heterocycles. The van der Waals surface area contributed by atoms with Crippen LogP contribution < -0.4 is 20.7 Å². The second kappa shape index (κ2) is 9.75. The van der Waals surface area contributed by atoms with Gasteiger partial charge in [0.2, 0.25) is 0 Å². The number of H-pyrrole nitrogens is 1. The number of hydrogen-bond acceptors (Lipinski definition) is 7. The maximum Gasteiger partial charge on any atom is 0.349 e. The molecule has 31 heavy (non-hydrogen) atoms. The number of aromatic nitrogens is 2. The van der Waals surface area contributed by atoms with Crippen LogP contribution in [-0.4, -0.2) is 41.2 Å². The van der Waals surface area contributed by atoms with Gasteiger partial charge in [-0.05, 0) is 56.7 Å². The largest absolute Gasteiger partial charge is 0.490 e. The molecule has 0 aliphatic rings. The summed E-state index contributed by atoms with van der Waals surface area (Å²) < 4.78 is 16.9. The third-order valence-corrected chi connectivity index (χ3v) is 4.09. The van der Waals surface area contributed by atoms with Crippen molar-refractivity contribution in [2.45, 2.75) is 26.9 Å². The number of para-hydroxylation sites is 1. The van der Waals surface area contributed by atoms with Gasteiger partial charge in [0.15, 0.2) is 18.1 Å². The number of nitrogens with one attached hydrogen (secondary N) is 1. The molecule has 9 nitrogen and oxygen atoms in total. The lowest BCUT2D eigenvalue weighted by atomic mass is 10.2. The molecule has 0 aliphatic heterocycles. The number of hydrogen-bond donors (Lipinski definition) is 1. The number of ether oxygens (including phenoxy) is 3. The molecule has 2 aromatic carbocycles. The van der Waals surface area contributed by atoms with Crippen molar-refractivity contribution in [3.63, 3.8) is 0 Å². The summed E-state index contributed by atoms with van der Waals surface area (Å²) >= 11 is 0. The summed E-state index contributed by atoms with van der Waals surface area (Å²) in [5.41, 5.74) is -0.155. The molecule has 0 atom stereocenters. The SMILES string of the molecule is CCOc1cc(C=Nn2c(=O)[nH]c3ccccc3c2=O)ccc1OCC(=O)OC(C)C. The summed E-state index contributed by atoms with van der Waals surface area (Å²) in [6, 6.07) is 11.6. The van der Waals surface area contributed by atoms with Crippen LogP contribution in [0.4, 0.5) is 0 Å². The van der Waals surface area contributed by atoms with Gasteiger partial charge in [-0.1, -0.05) is 12.1 Å². The fourth-order valence-electron chi connectivity index (χ4n) is 2.81. The van der Waals surface area contributed by atoms with Crippen LogP contribution in [0.5, 0.6) is 11.5 Å². The highest BCUT2D eigenvalue weighted by Gasteiger charge is 2.11. The summed E-state index contributed by atoms with van der Waals surface area (Å²) in [4.78, 5) is 39.1.